The van der Waals surface area contributed by atoms with Gasteiger partial charge in [-0.1, -0.05) is 23.7 Å². The Morgan fingerprint density at radius 3 is 2.22 bits per heavy atom. The lowest BCUT2D eigenvalue weighted by Gasteiger charge is -2.18. The molecule has 3 amide bonds. The van der Waals surface area contributed by atoms with Crippen molar-refractivity contribution in [3.05, 3.63) is 34.9 Å². The van der Waals surface area contributed by atoms with Gasteiger partial charge in [0.25, 0.3) is 0 Å². The molecule has 0 saturated heterocycles. The molecule has 0 spiro atoms. The molecule has 5 nitrogen and oxygen atoms in total. The molecule has 0 aliphatic carbocycles. The van der Waals surface area contributed by atoms with E-state index < -0.39 is 12.1 Å². The summed E-state index contributed by atoms with van der Waals surface area (Å²) in [7, 11) is 0. The van der Waals surface area contributed by atoms with Crippen molar-refractivity contribution in [1.29, 1.82) is 0 Å². The van der Waals surface area contributed by atoms with E-state index in [-0.39, 0.29) is 11.9 Å². The Hall–Kier alpha value is -1.75. The van der Waals surface area contributed by atoms with Crippen molar-refractivity contribution in [2.45, 2.75) is 25.9 Å². The van der Waals surface area contributed by atoms with E-state index in [0.29, 0.717) is 5.02 Å². The van der Waals surface area contributed by atoms with Crippen LogP contribution >= 0.6 is 11.6 Å². The number of hydrogen-bond acceptors (Lipinski definition) is 2. The third-order valence-electron chi connectivity index (χ3n) is 2.48. The maximum absolute atomic E-state index is 11.7. The number of halogens is 1. The number of primary amides is 1. The first-order valence-electron chi connectivity index (χ1n) is 5.52. The van der Waals surface area contributed by atoms with Crippen molar-refractivity contribution >= 4 is 23.5 Å². The highest BCUT2D eigenvalue weighted by Crippen LogP contribution is 2.15. The minimum atomic E-state index is -0.725. The van der Waals surface area contributed by atoms with Crippen LogP contribution in [-0.4, -0.2) is 18.0 Å². The largest absolute Gasteiger partial charge is 0.352 e. The van der Waals surface area contributed by atoms with E-state index in [1.54, 1.807) is 19.1 Å². The predicted octanol–water partition coefficient (Wildman–Crippen LogP) is 1.57. The predicted molar refractivity (Wildman–Crippen MR) is 70.2 cm³/mol. The van der Waals surface area contributed by atoms with Crippen molar-refractivity contribution in [2.75, 3.05) is 0 Å². The van der Waals surface area contributed by atoms with Crippen molar-refractivity contribution in [2.24, 2.45) is 5.73 Å². The molecule has 0 saturated carbocycles. The molecular weight excluding hydrogens is 254 g/mol. The van der Waals surface area contributed by atoms with Gasteiger partial charge in [0, 0.05) is 5.02 Å². The first-order chi connectivity index (χ1) is 8.40. The molecule has 2 atom stereocenters. The fourth-order valence-electron chi connectivity index (χ4n) is 1.45. The van der Waals surface area contributed by atoms with Crippen LogP contribution in [0.25, 0.3) is 0 Å². The molecule has 0 aromatic heterocycles. The van der Waals surface area contributed by atoms with Gasteiger partial charge in [0.15, 0.2) is 0 Å². The van der Waals surface area contributed by atoms with Crippen molar-refractivity contribution < 1.29 is 9.59 Å². The Morgan fingerprint density at radius 1 is 1.17 bits per heavy atom. The molecule has 6 heteroatoms. The standard InChI is InChI=1S/C12H16ClN3O2/c1-7(9-3-5-10(13)6-4-9)15-11(17)8(2)16-12(14)18/h3-8H,1-2H3,(H,15,17)(H3,14,16,18). The minimum Gasteiger partial charge on any atom is -0.352 e. The molecule has 1 rings (SSSR count). The van der Waals surface area contributed by atoms with Gasteiger partial charge >= 0.3 is 6.03 Å². The van der Waals surface area contributed by atoms with E-state index in [9.17, 15) is 9.59 Å². The second-order valence-corrected chi connectivity index (χ2v) is 4.45. The molecule has 0 bridgehead atoms. The lowest BCUT2D eigenvalue weighted by atomic mass is 10.1. The van der Waals surface area contributed by atoms with Gasteiger partial charge in [0.05, 0.1) is 6.04 Å². The van der Waals surface area contributed by atoms with Crippen LogP contribution < -0.4 is 16.4 Å². The van der Waals surface area contributed by atoms with E-state index in [2.05, 4.69) is 10.6 Å². The SMILES string of the molecule is CC(NC(N)=O)C(=O)NC(C)c1ccc(Cl)cc1. The Labute approximate surface area is 111 Å². The van der Waals surface area contributed by atoms with Gasteiger partial charge in [0.2, 0.25) is 5.91 Å². The van der Waals surface area contributed by atoms with Gasteiger partial charge in [0.1, 0.15) is 6.04 Å². The molecule has 18 heavy (non-hydrogen) atoms. The number of rotatable bonds is 4. The summed E-state index contributed by atoms with van der Waals surface area (Å²) >= 11 is 5.78. The van der Waals surface area contributed by atoms with Crippen LogP contribution in [0, 0.1) is 0 Å². The zero-order chi connectivity index (χ0) is 13.7. The molecule has 98 valence electrons. The van der Waals surface area contributed by atoms with E-state index in [1.807, 2.05) is 19.1 Å². The quantitative estimate of drug-likeness (QED) is 0.775. The summed E-state index contributed by atoms with van der Waals surface area (Å²) in [5.74, 6) is -0.295. The summed E-state index contributed by atoms with van der Waals surface area (Å²) in [6.45, 7) is 3.41. The van der Waals surface area contributed by atoms with E-state index in [4.69, 9.17) is 17.3 Å². The molecule has 1 aromatic rings. The number of carbonyl (C=O) groups excluding carboxylic acids is 2. The molecule has 1 aromatic carbocycles. The van der Waals surface area contributed by atoms with Crippen molar-refractivity contribution in [1.82, 2.24) is 10.6 Å². The minimum absolute atomic E-state index is 0.174. The maximum Gasteiger partial charge on any atom is 0.312 e. The summed E-state index contributed by atoms with van der Waals surface area (Å²) in [6.07, 6.45) is 0. The Morgan fingerprint density at radius 2 is 1.72 bits per heavy atom. The molecular formula is C12H16ClN3O2. The smallest absolute Gasteiger partial charge is 0.312 e. The molecule has 4 N–H and O–H groups in total. The van der Waals surface area contributed by atoms with Gasteiger partial charge in [-0.05, 0) is 31.5 Å². The number of nitrogens with two attached hydrogens (primary N) is 1. The topological polar surface area (TPSA) is 84.2 Å². The highest BCUT2D eigenvalue weighted by atomic mass is 35.5. The van der Waals surface area contributed by atoms with Crippen LogP contribution in [0.4, 0.5) is 4.79 Å². The lowest BCUT2D eigenvalue weighted by Crippen LogP contribution is -2.47. The fraction of sp³-hybridized carbons (Fsp3) is 0.333. The molecule has 0 aliphatic heterocycles. The van der Waals surface area contributed by atoms with Crippen LogP contribution in [0.1, 0.15) is 25.5 Å². The van der Waals surface area contributed by atoms with E-state index in [1.165, 1.54) is 0 Å². The number of nitrogens with one attached hydrogen (secondary N) is 2. The maximum atomic E-state index is 11.7. The number of hydrogen-bond donors (Lipinski definition) is 3. The summed E-state index contributed by atoms with van der Waals surface area (Å²) in [4.78, 5) is 22.3. The monoisotopic (exact) mass is 269 g/mol. The molecule has 2 unspecified atom stereocenters. The van der Waals surface area contributed by atoms with Crippen molar-refractivity contribution in [3.8, 4) is 0 Å². The lowest BCUT2D eigenvalue weighted by molar-refractivity contribution is -0.123. The second-order valence-electron chi connectivity index (χ2n) is 4.01. The van der Waals surface area contributed by atoms with E-state index >= 15 is 0 Å². The zero-order valence-electron chi connectivity index (χ0n) is 10.2. The third kappa shape index (κ3) is 4.25. The van der Waals surface area contributed by atoms with Gasteiger partial charge < -0.3 is 16.4 Å². The Bertz CT molecular complexity index is 433. The average molecular weight is 270 g/mol. The second kappa shape index (κ2) is 6.26. The van der Waals surface area contributed by atoms with E-state index in [0.717, 1.165) is 5.56 Å². The summed E-state index contributed by atoms with van der Waals surface area (Å²) in [5, 5.41) is 5.72. The van der Waals surface area contributed by atoms with Crippen LogP contribution in [-0.2, 0) is 4.79 Å². The highest BCUT2D eigenvalue weighted by Gasteiger charge is 2.16. The molecule has 0 heterocycles. The first-order valence-corrected chi connectivity index (χ1v) is 5.89. The molecule has 0 fully saturated rings. The zero-order valence-corrected chi connectivity index (χ0v) is 11.0. The van der Waals surface area contributed by atoms with Crippen molar-refractivity contribution in [3.63, 3.8) is 0 Å². The van der Waals surface area contributed by atoms with Gasteiger partial charge in [-0.25, -0.2) is 4.79 Å². The van der Waals surface area contributed by atoms with Gasteiger partial charge in [-0.15, -0.1) is 0 Å². The number of amides is 3. The highest BCUT2D eigenvalue weighted by molar-refractivity contribution is 6.30. The van der Waals surface area contributed by atoms with Crippen LogP contribution in [0.2, 0.25) is 5.02 Å². The third-order valence-corrected chi connectivity index (χ3v) is 2.73. The van der Waals surface area contributed by atoms with Crippen LogP contribution in [0.3, 0.4) is 0 Å². The first kappa shape index (κ1) is 14.3. The number of benzene rings is 1. The summed E-state index contributed by atoms with van der Waals surface area (Å²) in [5.41, 5.74) is 5.87. The normalized spacial score (nSPS) is 13.5. The van der Waals surface area contributed by atoms with Gasteiger partial charge in [-0.3, -0.25) is 4.79 Å². The molecule has 0 aliphatic rings. The van der Waals surface area contributed by atoms with Crippen LogP contribution in [0.5, 0.6) is 0 Å². The molecule has 0 radical (unpaired) electrons. The number of carbonyl (C=O) groups is 2. The number of urea groups is 1. The summed E-state index contributed by atoms with van der Waals surface area (Å²) < 4.78 is 0. The van der Waals surface area contributed by atoms with Crippen LogP contribution in [0.15, 0.2) is 24.3 Å². The van der Waals surface area contributed by atoms with Gasteiger partial charge in [-0.2, -0.15) is 0 Å². The fourth-order valence-corrected chi connectivity index (χ4v) is 1.58. The Kier molecular flexibility index (Phi) is 4.97. The average Bonchev–Trinajstić information content (AvgIpc) is 2.28. The summed E-state index contributed by atoms with van der Waals surface area (Å²) in [6, 6.07) is 5.61. The Balaban J connectivity index is 2.59.